The Morgan fingerprint density at radius 2 is 1.86 bits per heavy atom. The normalized spacial score (nSPS) is 24.6. The van der Waals surface area contributed by atoms with Gasteiger partial charge in [0.05, 0.1) is 19.9 Å². The third-order valence-electron chi connectivity index (χ3n) is 4.42. The number of rotatable bonds is 2. The highest BCUT2D eigenvalue weighted by molar-refractivity contribution is 5.90. The maximum Gasteiger partial charge on any atom is 0.424 e. The predicted octanol–water partition coefficient (Wildman–Crippen LogP) is 3.28. The molecule has 9 heteroatoms. The van der Waals surface area contributed by atoms with E-state index in [-0.39, 0.29) is 6.61 Å². The number of hydrogen-bond donors (Lipinski definition) is 2. The predicted molar refractivity (Wildman–Crippen MR) is 101 cm³/mol. The molecule has 1 aliphatic heterocycles. The second-order valence-electron chi connectivity index (χ2n) is 6.61. The number of benzene rings is 1. The van der Waals surface area contributed by atoms with Gasteiger partial charge < -0.3 is 20.9 Å². The van der Waals surface area contributed by atoms with E-state index in [1.54, 1.807) is 50.7 Å². The Morgan fingerprint density at radius 3 is 2.32 bits per heavy atom. The van der Waals surface area contributed by atoms with Crippen molar-refractivity contribution in [2.24, 2.45) is 10.7 Å². The molecule has 6 nitrogen and oxygen atoms in total. The minimum atomic E-state index is -4.61. The molecule has 0 bridgehead atoms. The number of nitrogens with two attached hydrogens (primary N) is 2. The lowest BCUT2D eigenvalue weighted by molar-refractivity contribution is -0.249. The van der Waals surface area contributed by atoms with Crippen molar-refractivity contribution < 1.29 is 22.6 Å². The van der Waals surface area contributed by atoms with Crippen molar-refractivity contribution in [2.75, 3.05) is 19.5 Å². The standard InChI is InChI=1S/C13H16F3N3O.C6H7NO/c1-11(8-4-3-5-9(17)6-8)7-20-12(2,10(18)19-11)13(14,15)16;1-8-6-3-2-4-7-5-6/h3-6H,7,17H2,1-2H3,(H2,18,19);2-5H,1H3. The van der Waals surface area contributed by atoms with Crippen LogP contribution in [0.4, 0.5) is 18.9 Å². The molecule has 4 N–H and O–H groups in total. The van der Waals surface area contributed by atoms with Gasteiger partial charge in [-0.25, -0.2) is 0 Å². The van der Waals surface area contributed by atoms with Crippen LogP contribution in [0.25, 0.3) is 0 Å². The van der Waals surface area contributed by atoms with Crippen LogP contribution in [0.5, 0.6) is 5.75 Å². The fourth-order valence-electron chi connectivity index (χ4n) is 2.48. The number of anilines is 1. The fraction of sp³-hybridized carbons (Fsp3) is 0.368. The lowest BCUT2D eigenvalue weighted by Gasteiger charge is -2.40. The minimum Gasteiger partial charge on any atom is -0.495 e. The van der Waals surface area contributed by atoms with E-state index in [9.17, 15) is 13.2 Å². The lowest BCUT2D eigenvalue weighted by atomic mass is 9.90. The summed E-state index contributed by atoms with van der Waals surface area (Å²) in [5, 5.41) is 0. The molecule has 3 rings (SSSR count). The maximum atomic E-state index is 13.0. The van der Waals surface area contributed by atoms with Crippen LogP contribution >= 0.6 is 0 Å². The number of halogens is 3. The molecule has 152 valence electrons. The van der Waals surface area contributed by atoms with E-state index in [0.29, 0.717) is 11.3 Å². The van der Waals surface area contributed by atoms with Gasteiger partial charge in [-0.3, -0.25) is 9.98 Å². The summed E-state index contributed by atoms with van der Waals surface area (Å²) >= 11 is 0. The first-order valence-electron chi connectivity index (χ1n) is 8.38. The van der Waals surface area contributed by atoms with E-state index < -0.39 is 23.2 Å². The van der Waals surface area contributed by atoms with Gasteiger partial charge in [-0.2, -0.15) is 13.2 Å². The second-order valence-corrected chi connectivity index (χ2v) is 6.61. The quantitative estimate of drug-likeness (QED) is 0.760. The zero-order valence-corrected chi connectivity index (χ0v) is 15.8. The number of amidine groups is 1. The summed E-state index contributed by atoms with van der Waals surface area (Å²) < 4.78 is 48.8. The summed E-state index contributed by atoms with van der Waals surface area (Å²) in [4.78, 5) is 7.87. The molecule has 0 amide bonds. The van der Waals surface area contributed by atoms with E-state index in [1.807, 2.05) is 12.1 Å². The van der Waals surface area contributed by atoms with E-state index in [2.05, 4.69) is 9.98 Å². The molecule has 1 aliphatic rings. The number of pyridine rings is 1. The summed E-state index contributed by atoms with van der Waals surface area (Å²) in [6.07, 6.45) is -1.24. The van der Waals surface area contributed by atoms with E-state index >= 15 is 0 Å². The SMILES string of the molecule is CC1(c2cccc(N)c2)COC(C)(C(F)(F)F)C(N)=N1.COc1cccnc1. The summed E-state index contributed by atoms with van der Waals surface area (Å²) in [7, 11) is 1.62. The molecule has 2 atom stereocenters. The van der Waals surface area contributed by atoms with E-state index in [0.717, 1.165) is 12.7 Å². The third-order valence-corrected chi connectivity index (χ3v) is 4.42. The molecular weight excluding hydrogens is 373 g/mol. The van der Waals surface area contributed by atoms with Gasteiger partial charge in [-0.05, 0) is 43.7 Å². The van der Waals surface area contributed by atoms with Crippen LogP contribution in [-0.4, -0.2) is 36.3 Å². The smallest absolute Gasteiger partial charge is 0.424 e. The number of nitrogens with zero attached hydrogens (tertiary/aromatic N) is 2. The highest BCUT2D eigenvalue weighted by atomic mass is 19.4. The zero-order chi connectivity index (χ0) is 21.0. The van der Waals surface area contributed by atoms with Crippen molar-refractivity contribution in [3.05, 3.63) is 54.4 Å². The fourth-order valence-corrected chi connectivity index (χ4v) is 2.48. The molecule has 0 aliphatic carbocycles. The Bertz CT molecular complexity index is 829. The molecule has 1 aromatic heterocycles. The zero-order valence-electron chi connectivity index (χ0n) is 15.8. The number of ether oxygens (including phenoxy) is 2. The largest absolute Gasteiger partial charge is 0.495 e. The number of aliphatic imine (C=N–C) groups is 1. The van der Waals surface area contributed by atoms with Crippen molar-refractivity contribution >= 4 is 11.5 Å². The van der Waals surface area contributed by atoms with Crippen LogP contribution < -0.4 is 16.2 Å². The molecule has 0 saturated carbocycles. The van der Waals surface area contributed by atoms with Crippen molar-refractivity contribution in [2.45, 2.75) is 31.2 Å². The van der Waals surface area contributed by atoms with Gasteiger partial charge in [0, 0.05) is 11.9 Å². The Hall–Kier alpha value is -2.81. The summed E-state index contributed by atoms with van der Waals surface area (Å²) in [5.41, 5.74) is 8.83. The molecule has 0 radical (unpaired) electrons. The third kappa shape index (κ3) is 4.53. The van der Waals surface area contributed by atoms with Crippen molar-refractivity contribution in [3.63, 3.8) is 0 Å². The van der Waals surface area contributed by atoms with Crippen LogP contribution in [0.2, 0.25) is 0 Å². The highest BCUT2D eigenvalue weighted by Crippen LogP contribution is 2.40. The minimum absolute atomic E-state index is 0.229. The summed E-state index contributed by atoms with van der Waals surface area (Å²) in [6.45, 7) is 2.31. The van der Waals surface area contributed by atoms with Crippen molar-refractivity contribution in [3.8, 4) is 5.75 Å². The van der Waals surface area contributed by atoms with Crippen LogP contribution in [0.1, 0.15) is 19.4 Å². The first-order chi connectivity index (χ1) is 13.0. The van der Waals surface area contributed by atoms with E-state index in [4.69, 9.17) is 20.9 Å². The van der Waals surface area contributed by atoms with Gasteiger partial charge in [-0.1, -0.05) is 12.1 Å². The van der Waals surface area contributed by atoms with Crippen LogP contribution in [-0.2, 0) is 10.3 Å². The van der Waals surface area contributed by atoms with Gasteiger partial charge >= 0.3 is 6.18 Å². The topological polar surface area (TPSA) is 95.8 Å². The second kappa shape index (κ2) is 8.05. The molecule has 0 spiro atoms. The lowest BCUT2D eigenvalue weighted by Crippen LogP contribution is -2.60. The Balaban J connectivity index is 0.000000292. The molecule has 2 aromatic rings. The number of aromatic nitrogens is 1. The Morgan fingerprint density at radius 1 is 1.14 bits per heavy atom. The number of methoxy groups -OCH3 is 1. The van der Waals surface area contributed by atoms with Gasteiger partial charge in [0.15, 0.2) is 0 Å². The number of hydrogen-bond acceptors (Lipinski definition) is 6. The van der Waals surface area contributed by atoms with E-state index in [1.165, 1.54) is 0 Å². The van der Waals surface area contributed by atoms with Gasteiger partial charge in [0.2, 0.25) is 5.60 Å². The van der Waals surface area contributed by atoms with Crippen molar-refractivity contribution in [1.29, 1.82) is 0 Å². The molecule has 0 saturated heterocycles. The Kier molecular flexibility index (Phi) is 6.18. The Labute approximate surface area is 161 Å². The molecule has 28 heavy (non-hydrogen) atoms. The van der Waals surface area contributed by atoms with Crippen LogP contribution in [0.3, 0.4) is 0 Å². The first-order valence-corrected chi connectivity index (χ1v) is 8.38. The van der Waals surface area contributed by atoms with Gasteiger partial charge in [0.1, 0.15) is 17.1 Å². The summed E-state index contributed by atoms with van der Waals surface area (Å²) in [5.74, 6) is 0.216. The van der Waals surface area contributed by atoms with Crippen LogP contribution in [0.15, 0.2) is 53.8 Å². The molecule has 0 fully saturated rings. The molecular formula is C19H23F3N4O2. The molecule has 2 heterocycles. The number of alkyl halides is 3. The van der Waals surface area contributed by atoms with Crippen LogP contribution in [0, 0.1) is 0 Å². The average Bonchev–Trinajstić information content (AvgIpc) is 2.65. The highest BCUT2D eigenvalue weighted by Gasteiger charge is 2.58. The molecule has 1 aromatic carbocycles. The summed E-state index contributed by atoms with van der Waals surface area (Å²) in [6, 6.07) is 10.5. The monoisotopic (exact) mass is 396 g/mol. The van der Waals surface area contributed by atoms with Gasteiger partial charge in [-0.15, -0.1) is 0 Å². The number of nitrogen functional groups attached to an aromatic ring is 1. The average molecular weight is 396 g/mol. The molecule has 2 unspecified atom stereocenters. The van der Waals surface area contributed by atoms with Crippen molar-refractivity contribution in [1.82, 2.24) is 4.98 Å². The first kappa shape index (κ1) is 21.5. The van der Waals surface area contributed by atoms with Gasteiger partial charge in [0.25, 0.3) is 0 Å². The maximum absolute atomic E-state index is 13.0.